The molecule has 1 amide bonds. The predicted molar refractivity (Wildman–Crippen MR) is 83.0 cm³/mol. The molecule has 2 N–H and O–H groups in total. The van der Waals surface area contributed by atoms with Crippen molar-refractivity contribution in [1.29, 1.82) is 0 Å². The Morgan fingerprint density at radius 3 is 2.82 bits per heavy atom. The van der Waals surface area contributed by atoms with Gasteiger partial charge in [0.25, 0.3) is 11.5 Å². The number of unbranched alkanes of at least 4 members (excludes halogenated alkanes) is 1. The minimum atomic E-state index is -0.592. The number of primary amides is 1. The van der Waals surface area contributed by atoms with Gasteiger partial charge in [0, 0.05) is 0 Å². The summed E-state index contributed by atoms with van der Waals surface area (Å²) in [5.41, 5.74) is 5.40. The number of aromatic nitrogens is 2. The van der Waals surface area contributed by atoms with Crippen LogP contribution in [0.2, 0.25) is 0 Å². The maximum absolute atomic E-state index is 12.4. The van der Waals surface area contributed by atoms with Crippen LogP contribution < -0.4 is 11.3 Å². The number of amides is 1. The van der Waals surface area contributed by atoms with Crippen LogP contribution in [0.1, 0.15) is 35.0 Å². The Morgan fingerprint density at radius 2 is 2.18 bits per heavy atom. The summed E-state index contributed by atoms with van der Waals surface area (Å²) in [6.07, 6.45) is 2.99. The average molecular weight is 323 g/mol. The topological polar surface area (TPSA) is 104 Å². The molecule has 22 heavy (non-hydrogen) atoms. The Bertz CT molecular complexity index is 778. The van der Waals surface area contributed by atoms with Crippen LogP contribution in [0, 0.1) is 6.92 Å². The normalized spacial score (nSPS) is 10.8. The monoisotopic (exact) mass is 323 g/mol. The fourth-order valence-electron chi connectivity index (χ4n) is 2.02. The fourth-order valence-corrected chi connectivity index (χ4v) is 3.01. The van der Waals surface area contributed by atoms with Crippen molar-refractivity contribution < 1.29 is 14.3 Å². The molecule has 0 saturated carbocycles. The Labute approximate surface area is 130 Å². The van der Waals surface area contributed by atoms with Gasteiger partial charge in [-0.1, -0.05) is 13.3 Å². The summed E-state index contributed by atoms with van der Waals surface area (Å²) in [7, 11) is 0. The summed E-state index contributed by atoms with van der Waals surface area (Å²) in [5.74, 6) is -1.08. The summed E-state index contributed by atoms with van der Waals surface area (Å²) in [4.78, 5) is 40.3. The molecule has 0 aromatic carbocycles. The minimum absolute atomic E-state index is 0.202. The molecule has 118 valence electrons. The third-order valence-electron chi connectivity index (χ3n) is 3.20. The lowest BCUT2D eigenvalue weighted by atomic mass is 10.2. The summed E-state index contributed by atoms with van der Waals surface area (Å²) in [6.45, 7) is 3.77. The Balaban J connectivity index is 2.31. The second-order valence-electron chi connectivity index (χ2n) is 4.85. The van der Waals surface area contributed by atoms with Gasteiger partial charge in [0.05, 0.1) is 23.2 Å². The van der Waals surface area contributed by atoms with Gasteiger partial charge in [-0.15, -0.1) is 11.3 Å². The van der Waals surface area contributed by atoms with Crippen molar-refractivity contribution in [1.82, 2.24) is 9.55 Å². The lowest BCUT2D eigenvalue weighted by Crippen LogP contribution is -2.26. The van der Waals surface area contributed by atoms with Gasteiger partial charge in [-0.2, -0.15) is 0 Å². The van der Waals surface area contributed by atoms with Crippen molar-refractivity contribution in [3.8, 4) is 0 Å². The summed E-state index contributed by atoms with van der Waals surface area (Å²) in [6, 6.07) is 0. The van der Waals surface area contributed by atoms with Gasteiger partial charge in [-0.25, -0.2) is 4.98 Å². The third-order valence-corrected chi connectivity index (χ3v) is 4.42. The van der Waals surface area contributed by atoms with Crippen LogP contribution in [0.4, 0.5) is 0 Å². The van der Waals surface area contributed by atoms with Crippen LogP contribution >= 0.6 is 11.3 Å². The zero-order valence-corrected chi connectivity index (χ0v) is 13.2. The fraction of sp³-hybridized carbons (Fsp3) is 0.429. The number of ether oxygens (including phenoxy) is 1. The smallest absolute Gasteiger partial charge is 0.326 e. The van der Waals surface area contributed by atoms with Crippen molar-refractivity contribution in [2.75, 3.05) is 6.61 Å². The Kier molecular flexibility index (Phi) is 4.92. The lowest BCUT2D eigenvalue weighted by molar-refractivity contribution is -0.144. The van der Waals surface area contributed by atoms with Crippen molar-refractivity contribution >= 4 is 33.4 Å². The zero-order chi connectivity index (χ0) is 16.3. The van der Waals surface area contributed by atoms with Crippen molar-refractivity contribution in [3.63, 3.8) is 0 Å². The number of fused-ring (bicyclic) bond motifs is 1. The van der Waals surface area contributed by atoms with Gasteiger partial charge >= 0.3 is 5.97 Å². The highest BCUT2D eigenvalue weighted by Gasteiger charge is 2.18. The van der Waals surface area contributed by atoms with E-state index >= 15 is 0 Å². The Hall–Kier alpha value is -2.22. The standard InChI is InChI=1S/C14H17N3O4S/c1-3-4-5-21-9(18)6-17-7-16-13-10(14(17)20)8(2)11(22-13)12(15)19/h7H,3-6H2,1-2H3,(H2,15,19). The van der Waals surface area contributed by atoms with Crippen molar-refractivity contribution in [3.05, 3.63) is 27.1 Å². The molecule has 0 bridgehead atoms. The molecule has 0 saturated heterocycles. The Morgan fingerprint density at radius 1 is 1.45 bits per heavy atom. The number of esters is 1. The van der Waals surface area contributed by atoms with E-state index in [0.29, 0.717) is 27.3 Å². The van der Waals surface area contributed by atoms with E-state index in [4.69, 9.17) is 10.5 Å². The number of nitrogens with zero attached hydrogens (tertiary/aromatic N) is 2. The second kappa shape index (κ2) is 6.69. The molecule has 0 fully saturated rings. The first-order valence-electron chi connectivity index (χ1n) is 6.89. The highest BCUT2D eigenvalue weighted by Crippen LogP contribution is 2.26. The van der Waals surface area contributed by atoms with Gasteiger partial charge in [0.2, 0.25) is 0 Å². The molecule has 0 aliphatic carbocycles. The number of carbonyl (C=O) groups excluding carboxylic acids is 2. The number of hydrogen-bond donors (Lipinski definition) is 1. The van der Waals surface area contributed by atoms with E-state index in [9.17, 15) is 14.4 Å². The molecule has 2 heterocycles. The van der Waals surface area contributed by atoms with Crippen LogP contribution in [0.25, 0.3) is 10.2 Å². The van der Waals surface area contributed by atoms with Crippen molar-refractivity contribution in [2.45, 2.75) is 33.2 Å². The minimum Gasteiger partial charge on any atom is -0.464 e. The van der Waals surface area contributed by atoms with E-state index in [0.717, 1.165) is 24.2 Å². The predicted octanol–water partition coefficient (Wildman–Crippen LogP) is 1.21. The van der Waals surface area contributed by atoms with Crippen LogP contribution in [-0.2, 0) is 16.1 Å². The van der Waals surface area contributed by atoms with Crippen LogP contribution in [0.15, 0.2) is 11.1 Å². The second-order valence-corrected chi connectivity index (χ2v) is 5.85. The van der Waals surface area contributed by atoms with Gasteiger partial charge in [0.1, 0.15) is 11.4 Å². The first-order valence-corrected chi connectivity index (χ1v) is 7.71. The maximum atomic E-state index is 12.4. The number of carbonyl (C=O) groups is 2. The molecular weight excluding hydrogens is 306 g/mol. The largest absolute Gasteiger partial charge is 0.464 e. The van der Waals surface area contributed by atoms with E-state index in [-0.39, 0.29) is 12.1 Å². The molecule has 0 atom stereocenters. The molecule has 0 aliphatic heterocycles. The molecule has 8 heteroatoms. The lowest BCUT2D eigenvalue weighted by Gasteiger charge is -2.06. The third kappa shape index (κ3) is 3.16. The zero-order valence-electron chi connectivity index (χ0n) is 12.4. The molecule has 0 aliphatic rings. The van der Waals surface area contributed by atoms with Gasteiger partial charge < -0.3 is 10.5 Å². The van der Waals surface area contributed by atoms with Crippen LogP contribution in [0.5, 0.6) is 0 Å². The van der Waals surface area contributed by atoms with Crippen molar-refractivity contribution in [2.24, 2.45) is 5.73 Å². The average Bonchev–Trinajstić information content (AvgIpc) is 2.80. The first kappa shape index (κ1) is 16.2. The van der Waals surface area contributed by atoms with Gasteiger partial charge in [-0.05, 0) is 18.9 Å². The quantitative estimate of drug-likeness (QED) is 0.635. The van der Waals surface area contributed by atoms with Crippen LogP contribution in [0.3, 0.4) is 0 Å². The number of nitrogens with two attached hydrogens (primary N) is 1. The number of hydrogen-bond acceptors (Lipinski definition) is 6. The highest BCUT2D eigenvalue weighted by atomic mass is 32.1. The van der Waals surface area contributed by atoms with Gasteiger partial charge in [-0.3, -0.25) is 19.0 Å². The SMILES string of the molecule is CCCCOC(=O)Cn1cnc2sc(C(N)=O)c(C)c2c1=O. The van der Waals surface area contributed by atoms with E-state index in [1.54, 1.807) is 6.92 Å². The molecular formula is C14H17N3O4S. The van der Waals surface area contributed by atoms with E-state index < -0.39 is 11.9 Å². The van der Waals surface area contributed by atoms with E-state index in [1.165, 1.54) is 10.9 Å². The molecule has 2 aromatic rings. The van der Waals surface area contributed by atoms with E-state index in [2.05, 4.69) is 4.98 Å². The summed E-state index contributed by atoms with van der Waals surface area (Å²) >= 11 is 1.08. The number of thiophene rings is 1. The number of rotatable bonds is 6. The molecule has 2 aromatic heterocycles. The molecule has 7 nitrogen and oxygen atoms in total. The van der Waals surface area contributed by atoms with Crippen LogP contribution in [-0.4, -0.2) is 28.0 Å². The summed E-state index contributed by atoms with van der Waals surface area (Å²) < 4.78 is 6.21. The highest BCUT2D eigenvalue weighted by molar-refractivity contribution is 7.20. The van der Waals surface area contributed by atoms with E-state index in [1.807, 2.05) is 6.92 Å². The van der Waals surface area contributed by atoms with Gasteiger partial charge in [0.15, 0.2) is 0 Å². The molecule has 0 spiro atoms. The molecule has 0 radical (unpaired) electrons. The molecule has 2 rings (SSSR count). The summed E-state index contributed by atoms with van der Waals surface area (Å²) in [5, 5.41) is 0.322. The number of aryl methyl sites for hydroxylation is 1. The first-order chi connectivity index (χ1) is 10.5. The maximum Gasteiger partial charge on any atom is 0.326 e. The molecule has 0 unspecified atom stereocenters.